The highest BCUT2D eigenvalue weighted by Crippen LogP contribution is 2.25. The molecule has 0 aliphatic heterocycles. The number of benzene rings is 1. The van der Waals surface area contributed by atoms with E-state index in [4.69, 9.17) is 11.6 Å². The Hall–Kier alpha value is -1.15. The van der Waals surface area contributed by atoms with Gasteiger partial charge in [0.05, 0.1) is 10.5 Å². The van der Waals surface area contributed by atoms with E-state index in [0.717, 1.165) is 27.2 Å². The SMILES string of the molecule is Cc1cc(Cl)c2c(C)ncnc2c1. The minimum Gasteiger partial charge on any atom is -0.241 e. The van der Waals surface area contributed by atoms with Crippen LogP contribution in [0.2, 0.25) is 5.02 Å². The molecule has 0 unspecified atom stereocenters. The maximum atomic E-state index is 6.09. The van der Waals surface area contributed by atoms with Gasteiger partial charge in [-0.05, 0) is 31.5 Å². The fourth-order valence-electron chi connectivity index (χ4n) is 1.43. The molecule has 1 aromatic carbocycles. The van der Waals surface area contributed by atoms with Crippen molar-refractivity contribution in [3.05, 3.63) is 34.7 Å². The zero-order valence-electron chi connectivity index (χ0n) is 7.50. The average Bonchev–Trinajstić information content (AvgIpc) is 2.02. The Balaban J connectivity index is 2.94. The third-order valence-electron chi connectivity index (χ3n) is 2.02. The molecule has 2 rings (SSSR count). The van der Waals surface area contributed by atoms with Crippen molar-refractivity contribution < 1.29 is 0 Å². The van der Waals surface area contributed by atoms with Gasteiger partial charge in [0, 0.05) is 11.1 Å². The molecule has 1 heterocycles. The van der Waals surface area contributed by atoms with E-state index in [-0.39, 0.29) is 0 Å². The first-order chi connectivity index (χ1) is 6.18. The van der Waals surface area contributed by atoms with Crippen LogP contribution in [-0.2, 0) is 0 Å². The molecule has 13 heavy (non-hydrogen) atoms. The van der Waals surface area contributed by atoms with Crippen molar-refractivity contribution in [3.8, 4) is 0 Å². The highest BCUT2D eigenvalue weighted by atomic mass is 35.5. The van der Waals surface area contributed by atoms with Gasteiger partial charge in [-0.25, -0.2) is 9.97 Å². The molecule has 2 aromatic rings. The monoisotopic (exact) mass is 192 g/mol. The topological polar surface area (TPSA) is 25.8 Å². The predicted octanol–water partition coefficient (Wildman–Crippen LogP) is 2.90. The van der Waals surface area contributed by atoms with Gasteiger partial charge in [0.25, 0.3) is 0 Å². The van der Waals surface area contributed by atoms with E-state index >= 15 is 0 Å². The molecule has 0 amide bonds. The van der Waals surface area contributed by atoms with E-state index in [9.17, 15) is 0 Å². The van der Waals surface area contributed by atoms with Crippen LogP contribution >= 0.6 is 11.6 Å². The Kier molecular flexibility index (Phi) is 1.93. The molecule has 0 bridgehead atoms. The van der Waals surface area contributed by atoms with Gasteiger partial charge in [-0.1, -0.05) is 11.6 Å². The fourth-order valence-corrected chi connectivity index (χ4v) is 1.83. The number of nitrogens with zero attached hydrogens (tertiary/aromatic N) is 2. The van der Waals surface area contributed by atoms with Gasteiger partial charge in [-0.3, -0.25) is 0 Å². The zero-order chi connectivity index (χ0) is 9.42. The lowest BCUT2D eigenvalue weighted by Gasteiger charge is -2.03. The maximum absolute atomic E-state index is 6.09. The standard InChI is InChI=1S/C10H9ClN2/c1-6-3-8(11)10-7(2)12-5-13-9(10)4-6/h3-5H,1-2H3. The highest BCUT2D eigenvalue weighted by Gasteiger charge is 2.04. The second kappa shape index (κ2) is 2.96. The molecule has 1 aromatic heterocycles. The number of hydrogen-bond acceptors (Lipinski definition) is 2. The summed E-state index contributed by atoms with van der Waals surface area (Å²) >= 11 is 6.09. The first-order valence-electron chi connectivity index (χ1n) is 4.06. The van der Waals surface area contributed by atoms with Crippen molar-refractivity contribution in [2.45, 2.75) is 13.8 Å². The molecule has 3 heteroatoms. The molecule has 0 saturated carbocycles. The van der Waals surface area contributed by atoms with Gasteiger partial charge in [-0.15, -0.1) is 0 Å². The van der Waals surface area contributed by atoms with Crippen LogP contribution in [0.25, 0.3) is 10.9 Å². The molecular formula is C10H9ClN2. The summed E-state index contributed by atoms with van der Waals surface area (Å²) in [6.45, 7) is 3.94. The third-order valence-corrected chi connectivity index (χ3v) is 2.32. The van der Waals surface area contributed by atoms with Crippen molar-refractivity contribution in [2.75, 3.05) is 0 Å². The fraction of sp³-hybridized carbons (Fsp3) is 0.200. The first kappa shape index (κ1) is 8.45. The van der Waals surface area contributed by atoms with E-state index in [1.165, 1.54) is 0 Å². The molecular weight excluding hydrogens is 184 g/mol. The van der Waals surface area contributed by atoms with Crippen LogP contribution in [0.5, 0.6) is 0 Å². The van der Waals surface area contributed by atoms with E-state index < -0.39 is 0 Å². The minimum absolute atomic E-state index is 0.730. The summed E-state index contributed by atoms with van der Waals surface area (Å²) in [6, 6.07) is 3.94. The number of fused-ring (bicyclic) bond motifs is 1. The van der Waals surface area contributed by atoms with E-state index in [2.05, 4.69) is 9.97 Å². The number of rotatable bonds is 0. The largest absolute Gasteiger partial charge is 0.241 e. The highest BCUT2D eigenvalue weighted by molar-refractivity contribution is 6.35. The van der Waals surface area contributed by atoms with Gasteiger partial charge in [0.15, 0.2) is 0 Å². The second-order valence-electron chi connectivity index (χ2n) is 3.10. The van der Waals surface area contributed by atoms with E-state index in [1.807, 2.05) is 26.0 Å². The summed E-state index contributed by atoms with van der Waals surface area (Å²) in [4.78, 5) is 8.27. The summed E-state index contributed by atoms with van der Waals surface area (Å²) in [5, 5.41) is 1.68. The number of aryl methyl sites for hydroxylation is 2. The second-order valence-corrected chi connectivity index (χ2v) is 3.51. The van der Waals surface area contributed by atoms with Gasteiger partial charge >= 0.3 is 0 Å². The maximum Gasteiger partial charge on any atom is 0.116 e. The molecule has 0 aliphatic rings. The Morgan fingerprint density at radius 2 is 1.92 bits per heavy atom. The minimum atomic E-state index is 0.730. The summed E-state index contributed by atoms with van der Waals surface area (Å²) in [5.41, 5.74) is 2.96. The van der Waals surface area contributed by atoms with E-state index in [0.29, 0.717) is 0 Å². The first-order valence-corrected chi connectivity index (χ1v) is 4.44. The molecule has 0 fully saturated rings. The number of aromatic nitrogens is 2. The Morgan fingerprint density at radius 1 is 1.15 bits per heavy atom. The molecule has 0 radical (unpaired) electrons. The van der Waals surface area contributed by atoms with Gasteiger partial charge in [0.1, 0.15) is 6.33 Å². The van der Waals surface area contributed by atoms with Crippen LogP contribution in [-0.4, -0.2) is 9.97 Å². The normalized spacial score (nSPS) is 10.7. The van der Waals surface area contributed by atoms with Crippen LogP contribution in [0.3, 0.4) is 0 Å². The van der Waals surface area contributed by atoms with Gasteiger partial charge in [0.2, 0.25) is 0 Å². The van der Waals surface area contributed by atoms with Crippen LogP contribution < -0.4 is 0 Å². The molecule has 0 spiro atoms. The lowest BCUT2D eigenvalue weighted by atomic mass is 10.1. The Labute approximate surface area is 81.6 Å². The summed E-state index contributed by atoms with van der Waals surface area (Å²) < 4.78 is 0. The van der Waals surface area contributed by atoms with Crippen molar-refractivity contribution >= 4 is 22.5 Å². The van der Waals surface area contributed by atoms with E-state index in [1.54, 1.807) is 6.33 Å². The molecule has 0 aliphatic carbocycles. The molecule has 0 atom stereocenters. The smallest absolute Gasteiger partial charge is 0.116 e. The lowest BCUT2D eigenvalue weighted by molar-refractivity contribution is 1.15. The number of halogens is 1. The Bertz CT molecular complexity index is 466. The molecule has 0 saturated heterocycles. The summed E-state index contributed by atoms with van der Waals surface area (Å²) in [7, 11) is 0. The van der Waals surface area contributed by atoms with Gasteiger partial charge < -0.3 is 0 Å². The van der Waals surface area contributed by atoms with Crippen molar-refractivity contribution in [3.63, 3.8) is 0 Å². The molecule has 0 N–H and O–H groups in total. The van der Waals surface area contributed by atoms with Crippen LogP contribution in [0.1, 0.15) is 11.3 Å². The van der Waals surface area contributed by atoms with Crippen molar-refractivity contribution in [2.24, 2.45) is 0 Å². The Morgan fingerprint density at radius 3 is 2.69 bits per heavy atom. The van der Waals surface area contributed by atoms with Crippen molar-refractivity contribution in [1.82, 2.24) is 9.97 Å². The molecule has 66 valence electrons. The average molecular weight is 193 g/mol. The quantitative estimate of drug-likeness (QED) is 0.642. The van der Waals surface area contributed by atoms with Crippen LogP contribution in [0.4, 0.5) is 0 Å². The van der Waals surface area contributed by atoms with Crippen LogP contribution in [0, 0.1) is 13.8 Å². The van der Waals surface area contributed by atoms with Crippen LogP contribution in [0.15, 0.2) is 18.5 Å². The lowest BCUT2D eigenvalue weighted by Crippen LogP contribution is -1.88. The van der Waals surface area contributed by atoms with Crippen molar-refractivity contribution in [1.29, 1.82) is 0 Å². The molecule has 2 nitrogen and oxygen atoms in total. The summed E-state index contributed by atoms with van der Waals surface area (Å²) in [6.07, 6.45) is 1.56. The number of hydrogen-bond donors (Lipinski definition) is 0. The predicted molar refractivity (Wildman–Crippen MR) is 54.0 cm³/mol. The zero-order valence-corrected chi connectivity index (χ0v) is 8.26. The third kappa shape index (κ3) is 1.38. The summed E-state index contributed by atoms with van der Waals surface area (Å²) in [5.74, 6) is 0. The van der Waals surface area contributed by atoms with Gasteiger partial charge in [-0.2, -0.15) is 0 Å².